The fourth-order valence-corrected chi connectivity index (χ4v) is 1.70. The van der Waals surface area contributed by atoms with E-state index >= 15 is 0 Å². The Bertz CT molecular complexity index is 500. The molecule has 0 aromatic heterocycles. The lowest BCUT2D eigenvalue weighted by atomic mass is 10.2. The summed E-state index contributed by atoms with van der Waals surface area (Å²) in [6, 6.07) is 4.96. The topological polar surface area (TPSA) is 93.5 Å². The van der Waals surface area contributed by atoms with Gasteiger partial charge in [-0.15, -0.1) is 0 Å². The molecular weight excluding hydrogens is 250 g/mol. The molecule has 0 unspecified atom stereocenters. The van der Waals surface area contributed by atoms with Gasteiger partial charge in [0.05, 0.1) is 18.6 Å². The van der Waals surface area contributed by atoms with Gasteiger partial charge < -0.3 is 15.4 Å². The predicted molar refractivity (Wildman–Crippen MR) is 69.3 cm³/mol. The molecule has 1 aromatic carbocycles. The van der Waals surface area contributed by atoms with Crippen molar-refractivity contribution < 1.29 is 14.5 Å². The van der Waals surface area contributed by atoms with Gasteiger partial charge in [-0.25, -0.2) is 0 Å². The molecule has 7 heteroatoms. The first kappa shape index (κ1) is 13.1. The number of methoxy groups -OCH3 is 1. The van der Waals surface area contributed by atoms with E-state index in [1.165, 1.54) is 13.2 Å². The highest BCUT2D eigenvalue weighted by Gasteiger charge is 2.24. The average molecular weight is 265 g/mol. The fraction of sp³-hybridized carbons (Fsp3) is 0.417. The molecule has 1 fully saturated rings. The Labute approximate surface area is 110 Å². The summed E-state index contributed by atoms with van der Waals surface area (Å²) >= 11 is 0. The van der Waals surface area contributed by atoms with Crippen LogP contribution in [0, 0.1) is 10.1 Å². The number of amides is 1. The van der Waals surface area contributed by atoms with Gasteiger partial charge in [0, 0.05) is 6.04 Å². The summed E-state index contributed by atoms with van der Waals surface area (Å²) in [6.45, 7) is 0.00447. The number of nitro benzene ring substituents is 1. The van der Waals surface area contributed by atoms with Crippen molar-refractivity contribution in [3.8, 4) is 5.75 Å². The minimum atomic E-state index is -0.528. The van der Waals surface area contributed by atoms with E-state index < -0.39 is 4.92 Å². The molecule has 2 rings (SSSR count). The van der Waals surface area contributed by atoms with Crippen LogP contribution in [0.1, 0.15) is 12.8 Å². The Morgan fingerprint density at radius 3 is 2.84 bits per heavy atom. The number of anilines is 1. The molecule has 0 heterocycles. The van der Waals surface area contributed by atoms with Crippen LogP contribution in [0.15, 0.2) is 18.2 Å². The number of hydrogen-bond donors (Lipinski definition) is 2. The molecule has 102 valence electrons. The lowest BCUT2D eigenvalue weighted by molar-refractivity contribution is -0.384. The molecule has 0 saturated heterocycles. The number of para-hydroxylation sites is 1. The molecular formula is C12H15N3O4. The maximum atomic E-state index is 11.5. The summed E-state index contributed by atoms with van der Waals surface area (Å²) in [7, 11) is 1.37. The van der Waals surface area contributed by atoms with Gasteiger partial charge in [0.2, 0.25) is 5.91 Å². The highest BCUT2D eigenvalue weighted by molar-refractivity contribution is 5.82. The Morgan fingerprint density at radius 2 is 2.26 bits per heavy atom. The number of benzene rings is 1. The number of nitro groups is 1. The van der Waals surface area contributed by atoms with E-state index in [9.17, 15) is 14.9 Å². The van der Waals surface area contributed by atoms with Crippen LogP contribution in [0.25, 0.3) is 0 Å². The van der Waals surface area contributed by atoms with E-state index in [0.29, 0.717) is 0 Å². The van der Waals surface area contributed by atoms with Crippen LogP contribution in [-0.4, -0.2) is 30.5 Å². The maximum absolute atomic E-state index is 11.5. The van der Waals surface area contributed by atoms with Crippen LogP contribution in [0.2, 0.25) is 0 Å². The van der Waals surface area contributed by atoms with Crippen molar-refractivity contribution in [3.63, 3.8) is 0 Å². The van der Waals surface area contributed by atoms with Crippen molar-refractivity contribution in [3.05, 3.63) is 28.3 Å². The fourth-order valence-electron chi connectivity index (χ4n) is 1.70. The molecule has 1 aromatic rings. The van der Waals surface area contributed by atoms with Crippen molar-refractivity contribution in [1.82, 2.24) is 5.32 Å². The highest BCUT2D eigenvalue weighted by Crippen LogP contribution is 2.34. The number of nitrogens with zero attached hydrogens (tertiary/aromatic N) is 1. The summed E-state index contributed by atoms with van der Waals surface area (Å²) in [4.78, 5) is 22.0. The van der Waals surface area contributed by atoms with Gasteiger partial charge in [0.1, 0.15) is 5.69 Å². The van der Waals surface area contributed by atoms with E-state index in [1.807, 2.05) is 0 Å². The maximum Gasteiger partial charge on any atom is 0.333 e. The van der Waals surface area contributed by atoms with Crippen LogP contribution in [0.5, 0.6) is 5.75 Å². The zero-order valence-corrected chi connectivity index (χ0v) is 10.5. The standard InChI is InChI=1S/C12H15N3O4/c1-19-10-4-2-3-9(12(10)15(17)18)13-7-11(16)14-8-5-6-8/h2-4,8,13H,5-7H2,1H3,(H,14,16). The second kappa shape index (κ2) is 5.55. The first-order chi connectivity index (χ1) is 9.11. The van der Waals surface area contributed by atoms with Crippen LogP contribution in [-0.2, 0) is 4.79 Å². The summed E-state index contributed by atoms with van der Waals surface area (Å²) in [5.74, 6) is -0.00258. The van der Waals surface area contributed by atoms with E-state index in [4.69, 9.17) is 4.74 Å². The lowest BCUT2D eigenvalue weighted by Gasteiger charge is -2.09. The van der Waals surface area contributed by atoms with Gasteiger partial charge in [-0.3, -0.25) is 14.9 Å². The van der Waals surface area contributed by atoms with Crippen molar-refractivity contribution in [1.29, 1.82) is 0 Å². The number of rotatable bonds is 6. The van der Waals surface area contributed by atoms with Gasteiger partial charge >= 0.3 is 5.69 Å². The van der Waals surface area contributed by atoms with Crippen molar-refractivity contribution in [2.24, 2.45) is 0 Å². The summed E-state index contributed by atoms with van der Waals surface area (Å²) in [5.41, 5.74) is 0.111. The van der Waals surface area contributed by atoms with Gasteiger partial charge in [-0.1, -0.05) is 6.07 Å². The van der Waals surface area contributed by atoms with Crippen LogP contribution < -0.4 is 15.4 Å². The second-order valence-electron chi connectivity index (χ2n) is 4.31. The molecule has 2 N–H and O–H groups in total. The van der Waals surface area contributed by atoms with Crippen LogP contribution >= 0.6 is 0 Å². The lowest BCUT2D eigenvalue weighted by Crippen LogP contribution is -2.31. The van der Waals surface area contributed by atoms with Crippen molar-refractivity contribution >= 4 is 17.3 Å². The Balaban J connectivity index is 2.05. The first-order valence-corrected chi connectivity index (χ1v) is 5.96. The Morgan fingerprint density at radius 1 is 1.53 bits per heavy atom. The van der Waals surface area contributed by atoms with Crippen LogP contribution in [0.4, 0.5) is 11.4 Å². The average Bonchev–Trinajstić information content (AvgIpc) is 3.19. The summed E-state index contributed by atoms with van der Waals surface area (Å²) in [5, 5.41) is 16.6. The van der Waals surface area contributed by atoms with E-state index in [2.05, 4.69) is 10.6 Å². The molecule has 0 aliphatic heterocycles. The Hall–Kier alpha value is -2.31. The molecule has 19 heavy (non-hydrogen) atoms. The largest absolute Gasteiger partial charge is 0.490 e. The molecule has 0 radical (unpaired) electrons. The van der Waals surface area contributed by atoms with Crippen molar-refractivity contribution in [2.45, 2.75) is 18.9 Å². The number of hydrogen-bond acceptors (Lipinski definition) is 5. The van der Waals surface area contributed by atoms with Gasteiger partial charge in [-0.05, 0) is 25.0 Å². The second-order valence-corrected chi connectivity index (χ2v) is 4.31. The zero-order chi connectivity index (χ0) is 13.8. The van der Waals surface area contributed by atoms with Crippen molar-refractivity contribution in [2.75, 3.05) is 19.0 Å². The van der Waals surface area contributed by atoms with Gasteiger partial charge in [-0.2, -0.15) is 0 Å². The molecule has 1 amide bonds. The molecule has 0 spiro atoms. The molecule has 0 atom stereocenters. The number of nitrogens with one attached hydrogen (secondary N) is 2. The van der Waals surface area contributed by atoms with E-state index in [-0.39, 0.29) is 35.6 Å². The molecule has 1 aliphatic rings. The SMILES string of the molecule is COc1cccc(NCC(=O)NC2CC2)c1[N+](=O)[O-]. The molecule has 1 saturated carbocycles. The molecule has 1 aliphatic carbocycles. The minimum absolute atomic E-state index is 0.00447. The number of carbonyl (C=O) groups is 1. The number of carbonyl (C=O) groups excluding carboxylic acids is 1. The quantitative estimate of drug-likeness (QED) is 0.597. The summed E-state index contributed by atoms with van der Waals surface area (Å²) < 4.78 is 4.95. The third kappa shape index (κ3) is 3.34. The predicted octanol–water partition coefficient (Wildman–Crippen LogP) is 1.29. The minimum Gasteiger partial charge on any atom is -0.490 e. The third-order valence-electron chi connectivity index (χ3n) is 2.78. The highest BCUT2D eigenvalue weighted by atomic mass is 16.6. The van der Waals surface area contributed by atoms with Crippen LogP contribution in [0.3, 0.4) is 0 Å². The first-order valence-electron chi connectivity index (χ1n) is 5.96. The molecule has 0 bridgehead atoms. The van der Waals surface area contributed by atoms with Gasteiger partial charge in [0.25, 0.3) is 0 Å². The molecule has 7 nitrogen and oxygen atoms in total. The van der Waals surface area contributed by atoms with E-state index in [0.717, 1.165) is 12.8 Å². The zero-order valence-electron chi connectivity index (χ0n) is 10.5. The summed E-state index contributed by atoms with van der Waals surface area (Å²) in [6.07, 6.45) is 2.01. The monoisotopic (exact) mass is 265 g/mol. The van der Waals surface area contributed by atoms with Gasteiger partial charge in [0.15, 0.2) is 5.75 Å². The van der Waals surface area contributed by atoms with E-state index in [1.54, 1.807) is 12.1 Å². The normalized spacial score (nSPS) is 13.7. The Kier molecular flexibility index (Phi) is 3.84. The smallest absolute Gasteiger partial charge is 0.333 e. The third-order valence-corrected chi connectivity index (χ3v) is 2.78. The number of ether oxygens (including phenoxy) is 1.